The van der Waals surface area contributed by atoms with Gasteiger partial charge in [0.15, 0.2) is 5.96 Å². The van der Waals surface area contributed by atoms with Gasteiger partial charge < -0.3 is 15.8 Å². The number of hydrogen-bond donors (Lipinski definition) is 2. The zero-order valence-electron chi connectivity index (χ0n) is 12.8. The van der Waals surface area contributed by atoms with Gasteiger partial charge in [0, 0.05) is 19.3 Å². The molecule has 4 nitrogen and oxygen atoms in total. The molecule has 4 heteroatoms. The molecule has 0 spiro atoms. The lowest BCUT2D eigenvalue weighted by molar-refractivity contribution is -0.0754. The van der Waals surface area contributed by atoms with Crippen LogP contribution in [0.4, 0.5) is 5.69 Å². The first-order valence-corrected chi connectivity index (χ1v) is 7.95. The topological polar surface area (TPSA) is 59.6 Å². The second kappa shape index (κ2) is 6.06. The maximum atomic E-state index is 5.98. The second-order valence-corrected chi connectivity index (χ2v) is 6.22. The third-order valence-electron chi connectivity index (χ3n) is 4.92. The van der Waals surface area contributed by atoms with Crippen molar-refractivity contribution in [2.24, 2.45) is 10.7 Å². The summed E-state index contributed by atoms with van der Waals surface area (Å²) >= 11 is 0. The Morgan fingerprint density at radius 1 is 1.29 bits per heavy atom. The molecule has 0 bridgehead atoms. The minimum Gasteiger partial charge on any atom is -0.378 e. The number of hydrogen-bond acceptors (Lipinski definition) is 2. The van der Waals surface area contributed by atoms with Crippen LogP contribution >= 0.6 is 0 Å². The minimum atomic E-state index is 0.0668. The highest BCUT2D eigenvalue weighted by atomic mass is 16.5. The highest BCUT2D eigenvalue weighted by molar-refractivity contribution is 5.92. The molecule has 1 saturated carbocycles. The quantitative estimate of drug-likeness (QED) is 0.646. The lowest BCUT2D eigenvalue weighted by Crippen LogP contribution is -2.40. The van der Waals surface area contributed by atoms with Crippen LogP contribution in [0.25, 0.3) is 0 Å². The van der Waals surface area contributed by atoms with Crippen LogP contribution in [0.1, 0.15) is 43.2 Å². The summed E-state index contributed by atoms with van der Waals surface area (Å²) in [6, 6.07) is 6.49. The van der Waals surface area contributed by atoms with Gasteiger partial charge in [-0.1, -0.05) is 6.07 Å². The normalized spacial score (nSPS) is 20.0. The number of nitrogens with two attached hydrogens (primary N) is 1. The van der Waals surface area contributed by atoms with Crippen LogP contribution in [0.2, 0.25) is 0 Å². The summed E-state index contributed by atoms with van der Waals surface area (Å²) in [6.45, 7) is 0.720. The SMILES string of the molecule is COC1(CCN=C(N)Nc2ccc3c(c2)CCC3)CCC1. The summed E-state index contributed by atoms with van der Waals surface area (Å²) in [6.07, 6.45) is 8.17. The molecular formula is C17H25N3O. The number of rotatable bonds is 5. The summed E-state index contributed by atoms with van der Waals surface area (Å²) < 4.78 is 5.59. The van der Waals surface area contributed by atoms with Gasteiger partial charge in [-0.3, -0.25) is 4.99 Å². The van der Waals surface area contributed by atoms with E-state index in [0.29, 0.717) is 5.96 Å². The van der Waals surface area contributed by atoms with Crippen LogP contribution in [-0.2, 0) is 17.6 Å². The maximum absolute atomic E-state index is 5.98. The fourth-order valence-electron chi connectivity index (χ4n) is 3.34. The molecule has 0 atom stereocenters. The Hall–Kier alpha value is -1.55. The van der Waals surface area contributed by atoms with Crippen LogP contribution in [-0.4, -0.2) is 25.2 Å². The molecular weight excluding hydrogens is 262 g/mol. The van der Waals surface area contributed by atoms with Crippen LogP contribution in [0, 0.1) is 0 Å². The fourth-order valence-corrected chi connectivity index (χ4v) is 3.34. The molecule has 0 radical (unpaired) electrons. The standard InChI is InChI=1S/C17H25N3O/c1-21-17(8-3-9-17)10-11-19-16(18)20-15-7-6-13-4-2-5-14(13)12-15/h6-7,12H,2-5,8-11H2,1H3,(H3,18,19,20). The molecule has 2 aliphatic rings. The first-order chi connectivity index (χ1) is 10.2. The first kappa shape index (κ1) is 14.4. The van der Waals surface area contributed by atoms with Crippen LogP contribution in [0.3, 0.4) is 0 Å². The lowest BCUT2D eigenvalue weighted by Gasteiger charge is -2.40. The lowest BCUT2D eigenvalue weighted by atomic mass is 9.77. The molecule has 0 heterocycles. The van der Waals surface area contributed by atoms with Crippen molar-refractivity contribution in [2.45, 2.75) is 50.5 Å². The highest BCUT2D eigenvalue weighted by Crippen LogP contribution is 2.37. The predicted octanol–water partition coefficient (Wildman–Crippen LogP) is 2.86. The number of nitrogens with one attached hydrogen (secondary N) is 1. The van der Waals surface area contributed by atoms with E-state index in [1.165, 1.54) is 36.8 Å². The number of anilines is 1. The van der Waals surface area contributed by atoms with Crippen LogP contribution in [0.15, 0.2) is 23.2 Å². The first-order valence-electron chi connectivity index (χ1n) is 7.95. The number of nitrogens with zero attached hydrogens (tertiary/aromatic N) is 1. The van der Waals surface area contributed by atoms with E-state index >= 15 is 0 Å². The van der Waals surface area contributed by atoms with Gasteiger partial charge in [-0.2, -0.15) is 0 Å². The highest BCUT2D eigenvalue weighted by Gasteiger charge is 2.36. The molecule has 0 aliphatic heterocycles. The van der Waals surface area contributed by atoms with E-state index in [0.717, 1.165) is 31.5 Å². The Labute approximate surface area is 126 Å². The van der Waals surface area contributed by atoms with Gasteiger partial charge in [-0.15, -0.1) is 0 Å². The van der Waals surface area contributed by atoms with Crippen molar-refractivity contribution in [1.29, 1.82) is 0 Å². The molecule has 3 N–H and O–H groups in total. The van der Waals surface area contributed by atoms with Crippen molar-refractivity contribution in [3.8, 4) is 0 Å². The Balaban J connectivity index is 1.53. The molecule has 0 amide bonds. The monoisotopic (exact) mass is 287 g/mol. The van der Waals surface area contributed by atoms with E-state index in [2.05, 4.69) is 28.5 Å². The zero-order valence-corrected chi connectivity index (χ0v) is 12.8. The van der Waals surface area contributed by atoms with E-state index in [1.807, 2.05) is 0 Å². The number of methoxy groups -OCH3 is 1. The molecule has 1 aromatic carbocycles. The second-order valence-electron chi connectivity index (χ2n) is 6.22. The summed E-state index contributed by atoms with van der Waals surface area (Å²) in [7, 11) is 1.80. The third kappa shape index (κ3) is 3.21. The van der Waals surface area contributed by atoms with Crippen molar-refractivity contribution < 1.29 is 4.74 Å². The number of fused-ring (bicyclic) bond motifs is 1. The molecule has 114 valence electrons. The van der Waals surface area contributed by atoms with Gasteiger partial charge in [0.05, 0.1) is 5.60 Å². The average molecular weight is 287 g/mol. The fraction of sp³-hybridized carbons (Fsp3) is 0.588. The van der Waals surface area contributed by atoms with E-state index in [9.17, 15) is 0 Å². The summed E-state index contributed by atoms with van der Waals surface area (Å²) in [4.78, 5) is 4.43. The largest absolute Gasteiger partial charge is 0.378 e. The summed E-state index contributed by atoms with van der Waals surface area (Å²) in [5.41, 5.74) is 10.0. The smallest absolute Gasteiger partial charge is 0.193 e. The summed E-state index contributed by atoms with van der Waals surface area (Å²) in [5, 5.41) is 3.20. The number of aryl methyl sites for hydroxylation is 2. The molecule has 0 saturated heterocycles. The van der Waals surface area contributed by atoms with Gasteiger partial charge in [0.2, 0.25) is 0 Å². The Bertz CT molecular complexity index is 529. The Kier molecular flexibility index (Phi) is 4.15. The Morgan fingerprint density at radius 2 is 2.10 bits per heavy atom. The van der Waals surface area contributed by atoms with Crippen molar-refractivity contribution in [2.75, 3.05) is 19.0 Å². The number of benzene rings is 1. The van der Waals surface area contributed by atoms with Crippen molar-refractivity contribution in [3.05, 3.63) is 29.3 Å². The van der Waals surface area contributed by atoms with Gasteiger partial charge >= 0.3 is 0 Å². The van der Waals surface area contributed by atoms with Crippen molar-refractivity contribution in [3.63, 3.8) is 0 Å². The van der Waals surface area contributed by atoms with E-state index in [-0.39, 0.29) is 5.60 Å². The van der Waals surface area contributed by atoms with Crippen molar-refractivity contribution >= 4 is 11.6 Å². The average Bonchev–Trinajstić information content (AvgIpc) is 2.89. The molecule has 0 aromatic heterocycles. The van der Waals surface area contributed by atoms with E-state index in [1.54, 1.807) is 7.11 Å². The molecule has 0 unspecified atom stereocenters. The van der Waals surface area contributed by atoms with Gasteiger partial charge in [-0.05, 0) is 68.2 Å². The third-order valence-corrected chi connectivity index (χ3v) is 4.92. The molecule has 3 rings (SSSR count). The van der Waals surface area contributed by atoms with Crippen molar-refractivity contribution in [1.82, 2.24) is 0 Å². The number of guanidine groups is 1. The van der Waals surface area contributed by atoms with Gasteiger partial charge in [-0.25, -0.2) is 0 Å². The molecule has 1 aromatic rings. The summed E-state index contributed by atoms with van der Waals surface area (Å²) in [5.74, 6) is 0.499. The predicted molar refractivity (Wildman–Crippen MR) is 86.8 cm³/mol. The zero-order chi connectivity index (χ0) is 14.7. The Morgan fingerprint density at radius 3 is 2.81 bits per heavy atom. The van der Waals surface area contributed by atoms with Crippen LogP contribution in [0.5, 0.6) is 0 Å². The number of aliphatic imine (C=N–C) groups is 1. The molecule has 21 heavy (non-hydrogen) atoms. The maximum Gasteiger partial charge on any atom is 0.193 e. The molecule has 1 fully saturated rings. The molecule has 2 aliphatic carbocycles. The van der Waals surface area contributed by atoms with Gasteiger partial charge in [0.1, 0.15) is 0 Å². The number of ether oxygens (including phenoxy) is 1. The van der Waals surface area contributed by atoms with E-state index in [4.69, 9.17) is 10.5 Å². The van der Waals surface area contributed by atoms with Gasteiger partial charge in [0.25, 0.3) is 0 Å². The minimum absolute atomic E-state index is 0.0668. The van der Waals surface area contributed by atoms with Crippen LogP contribution < -0.4 is 11.1 Å². The van der Waals surface area contributed by atoms with E-state index < -0.39 is 0 Å².